The molecule has 0 radical (unpaired) electrons. The fourth-order valence-corrected chi connectivity index (χ4v) is 1.46. The zero-order chi connectivity index (χ0) is 10.6. The number of anilines is 1. The second-order valence-electron chi connectivity index (χ2n) is 3.16. The van der Waals surface area contributed by atoms with Gasteiger partial charge in [-0.25, -0.2) is 0 Å². The zero-order valence-electron chi connectivity index (χ0n) is 7.92. The third-order valence-corrected chi connectivity index (χ3v) is 2.37. The van der Waals surface area contributed by atoms with Gasteiger partial charge in [-0.2, -0.15) is 5.26 Å². The summed E-state index contributed by atoms with van der Waals surface area (Å²) >= 11 is 3.32. The van der Waals surface area contributed by atoms with E-state index < -0.39 is 0 Å². The van der Waals surface area contributed by atoms with Gasteiger partial charge < -0.3 is 11.1 Å². The van der Waals surface area contributed by atoms with E-state index in [2.05, 4.69) is 27.3 Å². The van der Waals surface area contributed by atoms with Crippen LogP contribution in [0.1, 0.15) is 12.5 Å². The molecule has 3 N–H and O–H groups in total. The van der Waals surface area contributed by atoms with Crippen LogP contribution < -0.4 is 11.1 Å². The van der Waals surface area contributed by atoms with Crippen molar-refractivity contribution < 1.29 is 0 Å². The van der Waals surface area contributed by atoms with E-state index in [9.17, 15) is 0 Å². The molecule has 0 spiro atoms. The van der Waals surface area contributed by atoms with Crippen molar-refractivity contribution in [2.75, 3.05) is 11.9 Å². The van der Waals surface area contributed by atoms with Crippen molar-refractivity contribution in [1.82, 2.24) is 0 Å². The van der Waals surface area contributed by atoms with Gasteiger partial charge in [0.1, 0.15) is 6.07 Å². The van der Waals surface area contributed by atoms with Crippen molar-refractivity contribution in [3.63, 3.8) is 0 Å². The van der Waals surface area contributed by atoms with Crippen LogP contribution in [0.5, 0.6) is 0 Å². The highest BCUT2D eigenvalue weighted by molar-refractivity contribution is 9.10. The van der Waals surface area contributed by atoms with E-state index in [4.69, 9.17) is 11.0 Å². The summed E-state index contributed by atoms with van der Waals surface area (Å²) in [4.78, 5) is 0. The molecule has 14 heavy (non-hydrogen) atoms. The molecule has 0 amide bonds. The van der Waals surface area contributed by atoms with Crippen LogP contribution in [-0.2, 0) is 0 Å². The van der Waals surface area contributed by atoms with E-state index in [-0.39, 0.29) is 6.04 Å². The van der Waals surface area contributed by atoms with Crippen LogP contribution in [0, 0.1) is 11.3 Å². The Morgan fingerprint density at radius 3 is 2.86 bits per heavy atom. The normalized spacial score (nSPS) is 11.9. The van der Waals surface area contributed by atoms with E-state index in [0.717, 1.165) is 16.7 Å². The van der Waals surface area contributed by atoms with Gasteiger partial charge in [-0.3, -0.25) is 0 Å². The van der Waals surface area contributed by atoms with E-state index in [1.807, 2.05) is 19.1 Å². The van der Waals surface area contributed by atoms with Crippen molar-refractivity contribution in [3.8, 4) is 6.07 Å². The monoisotopic (exact) mass is 253 g/mol. The first kappa shape index (κ1) is 11.0. The van der Waals surface area contributed by atoms with Crippen molar-refractivity contribution >= 4 is 21.6 Å². The maximum absolute atomic E-state index is 8.71. The molecule has 3 nitrogen and oxygen atoms in total. The molecule has 0 aliphatic heterocycles. The van der Waals surface area contributed by atoms with Gasteiger partial charge in [0.25, 0.3) is 0 Å². The van der Waals surface area contributed by atoms with Crippen molar-refractivity contribution in [2.24, 2.45) is 5.73 Å². The molecule has 0 saturated heterocycles. The topological polar surface area (TPSA) is 61.8 Å². The highest BCUT2D eigenvalue weighted by Gasteiger charge is 2.00. The number of nitriles is 1. The minimum atomic E-state index is 0.115. The zero-order valence-corrected chi connectivity index (χ0v) is 9.51. The first-order valence-corrected chi connectivity index (χ1v) is 5.12. The Morgan fingerprint density at radius 2 is 2.36 bits per heavy atom. The molecule has 4 heteroatoms. The lowest BCUT2D eigenvalue weighted by Gasteiger charge is -2.09. The van der Waals surface area contributed by atoms with Crippen LogP contribution >= 0.6 is 15.9 Å². The SMILES string of the molecule is CC(N)CNc1ccc(C#N)c(Br)c1. The molecule has 1 aromatic carbocycles. The number of nitrogens with one attached hydrogen (secondary N) is 1. The second-order valence-corrected chi connectivity index (χ2v) is 4.02. The second kappa shape index (κ2) is 4.99. The summed E-state index contributed by atoms with van der Waals surface area (Å²) in [5.41, 5.74) is 7.21. The van der Waals surface area contributed by atoms with Gasteiger partial charge in [0.05, 0.1) is 5.56 Å². The number of benzene rings is 1. The van der Waals surface area contributed by atoms with Gasteiger partial charge in [-0.15, -0.1) is 0 Å². The van der Waals surface area contributed by atoms with Gasteiger partial charge in [-0.05, 0) is 41.1 Å². The van der Waals surface area contributed by atoms with E-state index in [1.54, 1.807) is 6.07 Å². The largest absolute Gasteiger partial charge is 0.383 e. The summed E-state index contributed by atoms with van der Waals surface area (Å²) < 4.78 is 0.801. The summed E-state index contributed by atoms with van der Waals surface area (Å²) in [7, 11) is 0. The lowest BCUT2D eigenvalue weighted by molar-refractivity contribution is 0.780. The summed E-state index contributed by atoms with van der Waals surface area (Å²) in [6.07, 6.45) is 0. The summed E-state index contributed by atoms with van der Waals surface area (Å²) in [5, 5.41) is 11.9. The van der Waals surface area contributed by atoms with Crippen LogP contribution in [0.4, 0.5) is 5.69 Å². The van der Waals surface area contributed by atoms with Gasteiger partial charge in [0, 0.05) is 22.7 Å². The Morgan fingerprint density at radius 1 is 1.64 bits per heavy atom. The first-order chi connectivity index (χ1) is 6.63. The minimum absolute atomic E-state index is 0.115. The molecule has 0 bridgehead atoms. The minimum Gasteiger partial charge on any atom is -0.383 e. The number of hydrogen-bond donors (Lipinski definition) is 2. The molecule has 1 unspecified atom stereocenters. The Bertz CT molecular complexity index is 355. The summed E-state index contributed by atoms with van der Waals surface area (Å²) in [6.45, 7) is 2.66. The van der Waals surface area contributed by atoms with Crippen molar-refractivity contribution in [2.45, 2.75) is 13.0 Å². The van der Waals surface area contributed by atoms with E-state index in [1.165, 1.54) is 0 Å². The smallest absolute Gasteiger partial charge is 0.100 e. The van der Waals surface area contributed by atoms with E-state index in [0.29, 0.717) is 5.56 Å². The van der Waals surface area contributed by atoms with Crippen LogP contribution in [0.25, 0.3) is 0 Å². The molecule has 0 heterocycles. The van der Waals surface area contributed by atoms with E-state index >= 15 is 0 Å². The third kappa shape index (κ3) is 3.02. The standard InChI is InChI=1S/C10H12BrN3/c1-7(13)6-14-9-3-2-8(5-12)10(11)4-9/h2-4,7,14H,6,13H2,1H3. The Kier molecular flexibility index (Phi) is 3.93. The van der Waals surface area contributed by atoms with Crippen LogP contribution in [-0.4, -0.2) is 12.6 Å². The van der Waals surface area contributed by atoms with Crippen LogP contribution in [0.3, 0.4) is 0 Å². The Hall–Kier alpha value is -1.05. The molecule has 0 fully saturated rings. The molecular formula is C10H12BrN3. The van der Waals surface area contributed by atoms with Gasteiger partial charge in [0.2, 0.25) is 0 Å². The molecule has 74 valence electrons. The maximum Gasteiger partial charge on any atom is 0.100 e. The van der Waals surface area contributed by atoms with Gasteiger partial charge >= 0.3 is 0 Å². The third-order valence-electron chi connectivity index (χ3n) is 1.72. The maximum atomic E-state index is 8.71. The Labute approximate surface area is 92.0 Å². The van der Waals surface area contributed by atoms with Gasteiger partial charge in [-0.1, -0.05) is 0 Å². The number of nitrogens with two attached hydrogens (primary N) is 1. The molecule has 0 aliphatic carbocycles. The predicted octanol–water partition coefficient (Wildman–Crippen LogP) is 2.08. The fourth-order valence-electron chi connectivity index (χ4n) is 0.995. The molecule has 0 saturated carbocycles. The molecule has 1 aromatic rings. The van der Waals surface area contributed by atoms with Crippen molar-refractivity contribution in [3.05, 3.63) is 28.2 Å². The average molecular weight is 254 g/mol. The first-order valence-electron chi connectivity index (χ1n) is 4.32. The number of hydrogen-bond acceptors (Lipinski definition) is 3. The van der Waals surface area contributed by atoms with Crippen LogP contribution in [0.2, 0.25) is 0 Å². The predicted molar refractivity (Wildman–Crippen MR) is 61.0 cm³/mol. The molecule has 0 aliphatic rings. The highest BCUT2D eigenvalue weighted by atomic mass is 79.9. The molecule has 1 rings (SSSR count). The quantitative estimate of drug-likeness (QED) is 0.868. The Balaban J connectivity index is 2.73. The summed E-state index contributed by atoms with van der Waals surface area (Å²) in [6, 6.07) is 7.72. The van der Waals surface area contributed by atoms with Gasteiger partial charge in [0.15, 0.2) is 0 Å². The average Bonchev–Trinajstić information content (AvgIpc) is 2.15. The molecular weight excluding hydrogens is 242 g/mol. The van der Waals surface area contributed by atoms with Crippen molar-refractivity contribution in [1.29, 1.82) is 5.26 Å². The van der Waals surface area contributed by atoms with Crippen LogP contribution in [0.15, 0.2) is 22.7 Å². The summed E-state index contributed by atoms with van der Waals surface area (Å²) in [5.74, 6) is 0. The molecule has 1 atom stereocenters. The highest BCUT2D eigenvalue weighted by Crippen LogP contribution is 2.20. The molecule has 0 aromatic heterocycles. The lowest BCUT2D eigenvalue weighted by Crippen LogP contribution is -2.25. The number of nitrogens with zero attached hydrogens (tertiary/aromatic N) is 1. The number of halogens is 1. The number of rotatable bonds is 3. The lowest BCUT2D eigenvalue weighted by atomic mass is 10.2. The fraction of sp³-hybridized carbons (Fsp3) is 0.300.